The molecular weight excluding hydrogens is 364 g/mol. The molecular formula is C23H26N4S. The number of nitrogens with zero attached hydrogens (tertiary/aromatic N) is 4. The van der Waals surface area contributed by atoms with E-state index in [1.807, 2.05) is 34.4 Å². The molecule has 0 radical (unpaired) electrons. The first kappa shape index (κ1) is 17.0. The molecule has 0 bridgehead atoms. The van der Waals surface area contributed by atoms with Crippen molar-refractivity contribution in [2.45, 2.75) is 45.4 Å². The van der Waals surface area contributed by atoms with Crippen molar-refractivity contribution in [3.8, 4) is 0 Å². The van der Waals surface area contributed by atoms with E-state index < -0.39 is 0 Å². The number of aryl methyl sites for hydroxylation is 1. The molecule has 2 atom stereocenters. The van der Waals surface area contributed by atoms with Crippen LogP contribution in [0.15, 0.2) is 46.7 Å². The van der Waals surface area contributed by atoms with Gasteiger partial charge in [-0.15, -0.1) is 0 Å². The SMILES string of the molecule is Cc1cc2nccn2nc1C1=CCN(SC2=CC3=C(CC2)C2CC2CC3)CC1. The molecule has 4 nitrogen and oxygen atoms in total. The second-order valence-corrected chi connectivity index (χ2v) is 9.89. The fourth-order valence-corrected chi connectivity index (χ4v) is 6.27. The van der Waals surface area contributed by atoms with E-state index in [0.717, 1.165) is 42.7 Å². The molecule has 1 saturated carbocycles. The Kier molecular flexibility index (Phi) is 4.02. The molecule has 0 aromatic carbocycles. The van der Waals surface area contributed by atoms with Gasteiger partial charge in [-0.25, -0.2) is 13.8 Å². The van der Waals surface area contributed by atoms with Crippen molar-refractivity contribution in [3.05, 3.63) is 57.9 Å². The normalized spacial score (nSPS) is 27.3. The van der Waals surface area contributed by atoms with Gasteiger partial charge in [0.25, 0.3) is 0 Å². The molecule has 0 spiro atoms. The molecule has 2 unspecified atom stereocenters. The van der Waals surface area contributed by atoms with Crippen LogP contribution in [-0.4, -0.2) is 32.0 Å². The zero-order valence-electron chi connectivity index (χ0n) is 16.4. The summed E-state index contributed by atoms with van der Waals surface area (Å²) in [6.07, 6.45) is 16.5. The summed E-state index contributed by atoms with van der Waals surface area (Å²) in [4.78, 5) is 5.91. The van der Waals surface area contributed by atoms with Crippen LogP contribution in [0.3, 0.4) is 0 Å². The Balaban J connectivity index is 1.16. The van der Waals surface area contributed by atoms with Gasteiger partial charge in [0.05, 0.1) is 5.69 Å². The standard InChI is InChI=1S/C23H26N4S/c1-15-12-22-24-8-11-27(22)25-23(15)16-6-9-26(10-7-16)28-19-4-5-20-17(13-19)2-3-18-14-21(18)20/h6,8,11-13,18,21H,2-5,7,9-10,14H2,1H3. The zero-order chi connectivity index (χ0) is 18.7. The lowest BCUT2D eigenvalue weighted by Gasteiger charge is -2.29. The molecule has 0 amide bonds. The van der Waals surface area contributed by atoms with E-state index in [9.17, 15) is 0 Å². The Morgan fingerprint density at radius 1 is 1.18 bits per heavy atom. The molecule has 5 heteroatoms. The number of aromatic nitrogens is 3. The summed E-state index contributed by atoms with van der Waals surface area (Å²) >= 11 is 2.00. The van der Waals surface area contributed by atoms with Crippen molar-refractivity contribution in [1.29, 1.82) is 0 Å². The number of allylic oxidation sites excluding steroid dienone is 4. The fraction of sp³-hybridized carbons (Fsp3) is 0.478. The van der Waals surface area contributed by atoms with Crippen molar-refractivity contribution < 1.29 is 0 Å². The minimum Gasteiger partial charge on any atom is -0.243 e. The second kappa shape index (κ2) is 6.60. The van der Waals surface area contributed by atoms with Crippen LogP contribution in [0.5, 0.6) is 0 Å². The average Bonchev–Trinajstić information content (AvgIpc) is 3.38. The van der Waals surface area contributed by atoms with Gasteiger partial charge in [0.15, 0.2) is 5.65 Å². The van der Waals surface area contributed by atoms with E-state index in [1.165, 1.54) is 43.2 Å². The van der Waals surface area contributed by atoms with E-state index in [2.05, 4.69) is 34.4 Å². The van der Waals surface area contributed by atoms with Gasteiger partial charge in [-0.05, 0) is 98.1 Å². The van der Waals surface area contributed by atoms with E-state index in [-0.39, 0.29) is 0 Å². The minimum absolute atomic E-state index is 0.924. The van der Waals surface area contributed by atoms with E-state index in [0.29, 0.717) is 0 Å². The predicted octanol–water partition coefficient (Wildman–Crippen LogP) is 5.18. The molecule has 1 fully saturated rings. The van der Waals surface area contributed by atoms with Crippen molar-refractivity contribution in [2.24, 2.45) is 11.8 Å². The van der Waals surface area contributed by atoms with Crippen LogP contribution < -0.4 is 0 Å². The fourth-order valence-electron chi connectivity index (χ4n) is 5.22. The quantitative estimate of drug-likeness (QED) is 0.676. The maximum atomic E-state index is 4.80. The molecule has 144 valence electrons. The van der Waals surface area contributed by atoms with Gasteiger partial charge < -0.3 is 0 Å². The van der Waals surface area contributed by atoms with Crippen molar-refractivity contribution in [3.63, 3.8) is 0 Å². The van der Waals surface area contributed by atoms with Crippen LogP contribution in [0.2, 0.25) is 0 Å². The molecule has 3 heterocycles. The summed E-state index contributed by atoms with van der Waals surface area (Å²) in [5.41, 5.74) is 8.15. The first-order valence-electron chi connectivity index (χ1n) is 10.6. The average molecular weight is 391 g/mol. The van der Waals surface area contributed by atoms with Gasteiger partial charge in [-0.3, -0.25) is 0 Å². The van der Waals surface area contributed by atoms with Gasteiger partial charge in [-0.1, -0.05) is 11.6 Å². The topological polar surface area (TPSA) is 33.4 Å². The Morgan fingerprint density at radius 2 is 2.14 bits per heavy atom. The van der Waals surface area contributed by atoms with Gasteiger partial charge in [0, 0.05) is 30.4 Å². The van der Waals surface area contributed by atoms with Crippen LogP contribution in [-0.2, 0) is 0 Å². The molecule has 0 N–H and O–H groups in total. The number of hydrogen-bond donors (Lipinski definition) is 0. The van der Waals surface area contributed by atoms with Crippen LogP contribution in [0.25, 0.3) is 11.2 Å². The third-order valence-electron chi connectivity index (χ3n) is 6.84. The maximum Gasteiger partial charge on any atom is 0.153 e. The highest BCUT2D eigenvalue weighted by Crippen LogP contribution is 2.55. The third kappa shape index (κ3) is 2.96. The van der Waals surface area contributed by atoms with Crippen molar-refractivity contribution >= 4 is 23.2 Å². The van der Waals surface area contributed by atoms with Gasteiger partial charge in [0.1, 0.15) is 0 Å². The Labute approximate surface area is 170 Å². The van der Waals surface area contributed by atoms with E-state index >= 15 is 0 Å². The highest BCUT2D eigenvalue weighted by atomic mass is 32.2. The number of rotatable bonds is 3. The number of fused-ring (bicyclic) bond motifs is 3. The smallest absolute Gasteiger partial charge is 0.153 e. The van der Waals surface area contributed by atoms with Crippen molar-refractivity contribution in [2.75, 3.05) is 13.1 Å². The molecule has 0 saturated heterocycles. The monoisotopic (exact) mass is 390 g/mol. The second-order valence-electron chi connectivity index (χ2n) is 8.67. The van der Waals surface area contributed by atoms with E-state index in [1.54, 1.807) is 10.5 Å². The predicted molar refractivity (Wildman–Crippen MR) is 115 cm³/mol. The largest absolute Gasteiger partial charge is 0.243 e. The van der Waals surface area contributed by atoms with Crippen molar-refractivity contribution in [1.82, 2.24) is 18.9 Å². The van der Waals surface area contributed by atoms with E-state index in [4.69, 9.17) is 5.10 Å². The molecule has 28 heavy (non-hydrogen) atoms. The lowest BCUT2D eigenvalue weighted by atomic mass is 9.86. The molecule has 4 aliphatic rings. The maximum absolute atomic E-state index is 4.80. The highest BCUT2D eigenvalue weighted by molar-refractivity contribution is 8.00. The molecule has 3 aliphatic carbocycles. The Morgan fingerprint density at radius 3 is 3.04 bits per heavy atom. The third-order valence-corrected chi connectivity index (χ3v) is 7.99. The number of imidazole rings is 1. The molecule has 2 aromatic rings. The molecule has 1 aliphatic heterocycles. The zero-order valence-corrected chi connectivity index (χ0v) is 17.2. The van der Waals surface area contributed by atoms with Crippen LogP contribution >= 0.6 is 11.9 Å². The molecule has 2 aromatic heterocycles. The minimum atomic E-state index is 0.924. The molecule has 6 rings (SSSR count). The summed E-state index contributed by atoms with van der Waals surface area (Å²) in [5, 5.41) is 4.80. The summed E-state index contributed by atoms with van der Waals surface area (Å²) in [6, 6.07) is 2.14. The lowest BCUT2D eigenvalue weighted by Crippen LogP contribution is -2.23. The first-order valence-corrected chi connectivity index (χ1v) is 11.4. The van der Waals surface area contributed by atoms with Gasteiger partial charge in [-0.2, -0.15) is 5.10 Å². The van der Waals surface area contributed by atoms with Gasteiger partial charge >= 0.3 is 0 Å². The van der Waals surface area contributed by atoms with Crippen LogP contribution in [0, 0.1) is 18.8 Å². The Hall–Kier alpha value is -1.85. The van der Waals surface area contributed by atoms with Gasteiger partial charge in [0.2, 0.25) is 0 Å². The highest BCUT2D eigenvalue weighted by Gasteiger charge is 2.43. The van der Waals surface area contributed by atoms with Crippen LogP contribution in [0.4, 0.5) is 0 Å². The summed E-state index contributed by atoms with van der Waals surface area (Å²) < 4.78 is 4.41. The Bertz CT molecular complexity index is 1040. The van der Waals surface area contributed by atoms with Crippen LogP contribution in [0.1, 0.15) is 49.8 Å². The summed E-state index contributed by atoms with van der Waals surface area (Å²) in [7, 11) is 0. The summed E-state index contributed by atoms with van der Waals surface area (Å²) in [5.74, 6) is 2.02. The lowest BCUT2D eigenvalue weighted by molar-refractivity contribution is 0.516. The first-order chi connectivity index (χ1) is 13.7. The summed E-state index contributed by atoms with van der Waals surface area (Å²) in [6.45, 7) is 4.23. The number of hydrogen-bond acceptors (Lipinski definition) is 4.